The highest BCUT2D eigenvalue weighted by Gasteiger charge is 2.04. The van der Waals surface area contributed by atoms with E-state index in [2.05, 4.69) is 36.1 Å². The standard InChI is InChI=1S/C7H6BrN5S/c1-13-4-11-12-7(13)14-6-2-5(8)9-3-10-6/h2-4H,1H3. The molecule has 0 saturated carbocycles. The van der Waals surface area contributed by atoms with Gasteiger partial charge in [-0.2, -0.15) is 0 Å². The molecule has 0 N–H and O–H groups in total. The number of aromatic nitrogens is 5. The van der Waals surface area contributed by atoms with E-state index in [1.165, 1.54) is 18.1 Å². The van der Waals surface area contributed by atoms with Crippen molar-refractivity contribution in [3.8, 4) is 0 Å². The van der Waals surface area contributed by atoms with E-state index in [4.69, 9.17) is 0 Å². The zero-order valence-corrected chi connectivity index (χ0v) is 9.66. The van der Waals surface area contributed by atoms with Crippen molar-refractivity contribution >= 4 is 27.7 Å². The summed E-state index contributed by atoms with van der Waals surface area (Å²) in [7, 11) is 1.89. The Hall–Kier alpha value is -0.950. The van der Waals surface area contributed by atoms with Gasteiger partial charge >= 0.3 is 0 Å². The van der Waals surface area contributed by atoms with Crippen LogP contribution < -0.4 is 0 Å². The summed E-state index contributed by atoms with van der Waals surface area (Å²) >= 11 is 4.72. The Labute approximate surface area is 93.1 Å². The van der Waals surface area contributed by atoms with Gasteiger partial charge in [-0.15, -0.1) is 10.2 Å². The van der Waals surface area contributed by atoms with Crippen LogP contribution in [-0.2, 0) is 7.05 Å². The maximum absolute atomic E-state index is 4.10. The van der Waals surface area contributed by atoms with Crippen molar-refractivity contribution in [3.63, 3.8) is 0 Å². The molecular formula is C7H6BrN5S. The summed E-state index contributed by atoms with van der Waals surface area (Å²) in [5.74, 6) is 0. The van der Waals surface area contributed by atoms with E-state index in [9.17, 15) is 0 Å². The zero-order chi connectivity index (χ0) is 9.97. The summed E-state index contributed by atoms with van der Waals surface area (Å²) < 4.78 is 2.60. The highest BCUT2D eigenvalue weighted by molar-refractivity contribution is 9.10. The van der Waals surface area contributed by atoms with E-state index < -0.39 is 0 Å². The molecule has 2 aromatic rings. The lowest BCUT2D eigenvalue weighted by Crippen LogP contribution is -1.90. The van der Waals surface area contributed by atoms with Crippen molar-refractivity contribution < 1.29 is 0 Å². The van der Waals surface area contributed by atoms with Gasteiger partial charge in [-0.25, -0.2) is 9.97 Å². The van der Waals surface area contributed by atoms with Gasteiger partial charge in [0.1, 0.15) is 22.3 Å². The van der Waals surface area contributed by atoms with Gasteiger partial charge in [-0.05, 0) is 27.7 Å². The van der Waals surface area contributed by atoms with Crippen molar-refractivity contribution in [2.45, 2.75) is 10.2 Å². The second kappa shape index (κ2) is 4.05. The monoisotopic (exact) mass is 271 g/mol. The Morgan fingerprint density at radius 1 is 1.43 bits per heavy atom. The van der Waals surface area contributed by atoms with Gasteiger partial charge in [-0.3, -0.25) is 0 Å². The first kappa shape index (κ1) is 9.60. The summed E-state index contributed by atoms with van der Waals surface area (Å²) in [4.78, 5) is 8.04. The molecule has 0 amide bonds. The molecule has 72 valence electrons. The summed E-state index contributed by atoms with van der Waals surface area (Å²) in [6.07, 6.45) is 3.15. The molecule has 0 bridgehead atoms. The lowest BCUT2D eigenvalue weighted by molar-refractivity contribution is 0.786. The third-order valence-corrected chi connectivity index (χ3v) is 2.89. The van der Waals surface area contributed by atoms with Gasteiger partial charge in [-0.1, -0.05) is 0 Å². The van der Waals surface area contributed by atoms with Crippen LogP contribution in [0.1, 0.15) is 0 Å². The zero-order valence-electron chi connectivity index (χ0n) is 7.25. The molecule has 5 nitrogen and oxygen atoms in total. The quantitative estimate of drug-likeness (QED) is 0.776. The average molecular weight is 272 g/mol. The molecule has 0 aliphatic rings. The Bertz CT molecular complexity index is 443. The first-order valence-corrected chi connectivity index (χ1v) is 5.36. The molecule has 0 atom stereocenters. The van der Waals surface area contributed by atoms with Crippen molar-refractivity contribution in [1.82, 2.24) is 24.7 Å². The van der Waals surface area contributed by atoms with Crippen molar-refractivity contribution in [2.75, 3.05) is 0 Å². The second-order valence-electron chi connectivity index (χ2n) is 2.51. The fraction of sp³-hybridized carbons (Fsp3) is 0.143. The third-order valence-electron chi connectivity index (χ3n) is 1.47. The molecule has 2 aromatic heterocycles. The number of halogens is 1. The molecule has 0 aliphatic heterocycles. The molecule has 2 rings (SSSR count). The summed E-state index contributed by atoms with van der Waals surface area (Å²) in [5, 5.41) is 9.36. The smallest absolute Gasteiger partial charge is 0.197 e. The number of hydrogen-bond acceptors (Lipinski definition) is 5. The molecule has 0 aromatic carbocycles. The molecule has 0 spiro atoms. The molecular weight excluding hydrogens is 266 g/mol. The van der Waals surface area contributed by atoms with E-state index >= 15 is 0 Å². The van der Waals surface area contributed by atoms with Crippen molar-refractivity contribution in [3.05, 3.63) is 23.3 Å². The van der Waals surface area contributed by atoms with Crippen LogP contribution in [0.4, 0.5) is 0 Å². The van der Waals surface area contributed by atoms with Gasteiger partial charge < -0.3 is 4.57 Å². The van der Waals surface area contributed by atoms with Crippen LogP contribution in [0.3, 0.4) is 0 Å². The van der Waals surface area contributed by atoms with E-state index in [1.54, 1.807) is 6.33 Å². The first-order chi connectivity index (χ1) is 6.75. The molecule has 0 aliphatic carbocycles. The molecule has 7 heteroatoms. The summed E-state index contributed by atoms with van der Waals surface area (Å²) in [5.41, 5.74) is 0. The van der Waals surface area contributed by atoms with Gasteiger partial charge in [0.2, 0.25) is 0 Å². The van der Waals surface area contributed by atoms with E-state index in [1.807, 2.05) is 17.7 Å². The molecule has 0 saturated heterocycles. The van der Waals surface area contributed by atoms with Crippen LogP contribution in [0.15, 0.2) is 33.5 Å². The van der Waals surface area contributed by atoms with Gasteiger partial charge in [0, 0.05) is 13.1 Å². The lowest BCUT2D eigenvalue weighted by Gasteiger charge is -1.98. The Balaban J connectivity index is 2.23. The van der Waals surface area contributed by atoms with Crippen LogP contribution in [0.5, 0.6) is 0 Å². The van der Waals surface area contributed by atoms with Crippen LogP contribution in [0.2, 0.25) is 0 Å². The van der Waals surface area contributed by atoms with E-state index in [-0.39, 0.29) is 0 Å². The largest absolute Gasteiger partial charge is 0.311 e. The topological polar surface area (TPSA) is 56.5 Å². The molecule has 0 radical (unpaired) electrons. The lowest BCUT2D eigenvalue weighted by atomic mass is 10.7. The molecule has 0 unspecified atom stereocenters. The highest BCUT2D eigenvalue weighted by atomic mass is 79.9. The predicted molar refractivity (Wildman–Crippen MR) is 54.9 cm³/mol. The maximum atomic E-state index is 4.10. The van der Waals surface area contributed by atoms with Crippen LogP contribution >= 0.6 is 27.7 Å². The number of aryl methyl sites for hydroxylation is 1. The third kappa shape index (κ3) is 2.10. The van der Waals surface area contributed by atoms with E-state index in [0.29, 0.717) is 0 Å². The van der Waals surface area contributed by atoms with Crippen LogP contribution in [-0.4, -0.2) is 24.7 Å². The minimum Gasteiger partial charge on any atom is -0.311 e. The molecule has 0 fully saturated rings. The molecule has 14 heavy (non-hydrogen) atoms. The predicted octanol–water partition coefficient (Wildman–Crippen LogP) is 1.52. The number of rotatable bonds is 2. The minimum atomic E-state index is 0.761. The Morgan fingerprint density at radius 3 is 2.93 bits per heavy atom. The fourth-order valence-electron chi connectivity index (χ4n) is 0.832. The number of nitrogens with zero attached hydrogens (tertiary/aromatic N) is 5. The maximum Gasteiger partial charge on any atom is 0.197 e. The van der Waals surface area contributed by atoms with Gasteiger partial charge in [0.25, 0.3) is 0 Å². The van der Waals surface area contributed by atoms with E-state index in [0.717, 1.165) is 14.8 Å². The van der Waals surface area contributed by atoms with Gasteiger partial charge in [0.15, 0.2) is 5.16 Å². The first-order valence-electron chi connectivity index (χ1n) is 3.75. The SMILES string of the molecule is Cn1cnnc1Sc1cc(Br)ncn1. The van der Waals surface area contributed by atoms with Crippen molar-refractivity contribution in [2.24, 2.45) is 7.05 Å². The second-order valence-corrected chi connectivity index (χ2v) is 4.31. The number of hydrogen-bond donors (Lipinski definition) is 0. The normalized spacial score (nSPS) is 10.4. The Morgan fingerprint density at radius 2 is 2.29 bits per heavy atom. The summed E-state index contributed by atoms with van der Waals surface area (Å²) in [6, 6.07) is 1.83. The van der Waals surface area contributed by atoms with Gasteiger partial charge in [0.05, 0.1) is 0 Å². The Kier molecular flexibility index (Phi) is 2.78. The fourth-order valence-corrected chi connectivity index (χ4v) is 2.03. The molecule has 2 heterocycles. The average Bonchev–Trinajstić information content (AvgIpc) is 2.52. The van der Waals surface area contributed by atoms with Crippen molar-refractivity contribution in [1.29, 1.82) is 0 Å². The minimum absolute atomic E-state index is 0.761. The summed E-state index contributed by atoms with van der Waals surface area (Å²) in [6.45, 7) is 0. The van der Waals surface area contributed by atoms with Crippen LogP contribution in [0.25, 0.3) is 0 Å². The van der Waals surface area contributed by atoms with Crippen LogP contribution in [0, 0.1) is 0 Å². The highest BCUT2D eigenvalue weighted by Crippen LogP contribution is 2.24.